The van der Waals surface area contributed by atoms with Crippen molar-refractivity contribution < 1.29 is 19.3 Å². The highest BCUT2D eigenvalue weighted by atomic mass is 17.2. The van der Waals surface area contributed by atoms with Gasteiger partial charge in [-0.2, -0.15) is 4.89 Å². The van der Waals surface area contributed by atoms with Crippen LogP contribution in [0.5, 0.6) is 5.75 Å². The lowest BCUT2D eigenvalue weighted by Crippen LogP contribution is -2.04. The minimum atomic E-state index is -0.451. The summed E-state index contributed by atoms with van der Waals surface area (Å²) in [6.45, 7) is 0. The van der Waals surface area contributed by atoms with Crippen molar-refractivity contribution in [1.29, 1.82) is 0 Å². The maximum absolute atomic E-state index is 11.2. The molecule has 0 fully saturated rings. The maximum atomic E-state index is 11.2. The van der Waals surface area contributed by atoms with Crippen molar-refractivity contribution in [2.45, 2.75) is 0 Å². The molecule has 13 heavy (non-hydrogen) atoms. The first-order chi connectivity index (χ1) is 6.29. The SMILES string of the molecule is COOc1ccccc1C(=O)OC. The highest BCUT2D eigenvalue weighted by Gasteiger charge is 2.12. The van der Waals surface area contributed by atoms with Crippen LogP contribution in [-0.4, -0.2) is 20.2 Å². The molecule has 0 aliphatic carbocycles. The predicted molar refractivity (Wildman–Crippen MR) is 45.4 cm³/mol. The summed E-state index contributed by atoms with van der Waals surface area (Å²) in [6.07, 6.45) is 0. The van der Waals surface area contributed by atoms with Crippen LogP contribution in [0.1, 0.15) is 10.4 Å². The Kier molecular flexibility index (Phi) is 3.28. The standard InChI is InChI=1S/C9H10O4/c1-11-9(10)7-5-3-4-6-8(7)13-12-2/h3-6H,1-2H3. The maximum Gasteiger partial charge on any atom is 0.341 e. The van der Waals surface area contributed by atoms with Crippen LogP contribution in [0.25, 0.3) is 0 Å². The Hall–Kier alpha value is -1.55. The third-order valence-electron chi connectivity index (χ3n) is 1.47. The van der Waals surface area contributed by atoms with Gasteiger partial charge < -0.3 is 9.62 Å². The van der Waals surface area contributed by atoms with E-state index in [1.165, 1.54) is 14.2 Å². The Balaban J connectivity index is 2.97. The van der Waals surface area contributed by atoms with E-state index in [-0.39, 0.29) is 0 Å². The van der Waals surface area contributed by atoms with E-state index in [1.54, 1.807) is 24.3 Å². The topological polar surface area (TPSA) is 44.8 Å². The number of ether oxygens (including phenoxy) is 1. The van der Waals surface area contributed by atoms with E-state index in [0.29, 0.717) is 11.3 Å². The van der Waals surface area contributed by atoms with Gasteiger partial charge in [0, 0.05) is 0 Å². The van der Waals surface area contributed by atoms with Crippen LogP contribution in [0, 0.1) is 0 Å². The van der Waals surface area contributed by atoms with Gasteiger partial charge in [-0.15, -0.1) is 0 Å². The molecule has 0 saturated heterocycles. The summed E-state index contributed by atoms with van der Waals surface area (Å²) >= 11 is 0. The van der Waals surface area contributed by atoms with Crippen LogP contribution in [0.2, 0.25) is 0 Å². The first kappa shape index (κ1) is 9.54. The lowest BCUT2D eigenvalue weighted by molar-refractivity contribution is -0.178. The van der Waals surface area contributed by atoms with Gasteiger partial charge in [-0.1, -0.05) is 12.1 Å². The second-order valence-corrected chi connectivity index (χ2v) is 2.24. The van der Waals surface area contributed by atoms with Crippen molar-refractivity contribution >= 4 is 5.97 Å². The Labute approximate surface area is 76.0 Å². The van der Waals surface area contributed by atoms with Gasteiger partial charge >= 0.3 is 5.97 Å². The molecule has 0 unspecified atom stereocenters. The fourth-order valence-corrected chi connectivity index (χ4v) is 0.908. The first-order valence-electron chi connectivity index (χ1n) is 3.67. The normalized spacial score (nSPS) is 9.38. The molecule has 1 aromatic rings. The van der Waals surface area contributed by atoms with Gasteiger partial charge in [0.25, 0.3) is 0 Å². The number of esters is 1. The van der Waals surface area contributed by atoms with Crippen LogP contribution < -0.4 is 4.89 Å². The van der Waals surface area contributed by atoms with Crippen molar-refractivity contribution in [3.05, 3.63) is 29.8 Å². The summed E-state index contributed by atoms with van der Waals surface area (Å²) in [5.74, 6) is -0.107. The van der Waals surface area contributed by atoms with E-state index < -0.39 is 5.97 Å². The summed E-state index contributed by atoms with van der Waals surface area (Å²) in [6, 6.07) is 6.67. The number of hydrogen-bond acceptors (Lipinski definition) is 4. The molecule has 0 amide bonds. The predicted octanol–water partition coefficient (Wildman–Crippen LogP) is 1.41. The van der Waals surface area contributed by atoms with E-state index in [4.69, 9.17) is 4.89 Å². The second kappa shape index (κ2) is 4.47. The first-order valence-corrected chi connectivity index (χ1v) is 3.67. The quantitative estimate of drug-likeness (QED) is 0.403. The number of para-hydroxylation sites is 1. The molecule has 0 saturated carbocycles. The van der Waals surface area contributed by atoms with Gasteiger partial charge in [-0.3, -0.25) is 0 Å². The monoisotopic (exact) mass is 182 g/mol. The summed E-state index contributed by atoms with van der Waals surface area (Å²) in [4.78, 5) is 20.4. The van der Waals surface area contributed by atoms with Crippen molar-refractivity contribution in [3.63, 3.8) is 0 Å². The lowest BCUT2D eigenvalue weighted by atomic mass is 10.2. The van der Waals surface area contributed by atoms with Gasteiger partial charge in [-0.05, 0) is 12.1 Å². The zero-order valence-corrected chi connectivity index (χ0v) is 7.44. The number of rotatable bonds is 3. The Bertz CT molecular complexity index is 295. The molecule has 0 heterocycles. The van der Waals surface area contributed by atoms with Crippen LogP contribution in [0.15, 0.2) is 24.3 Å². The molecule has 0 aliphatic heterocycles. The molecular weight excluding hydrogens is 172 g/mol. The molecule has 4 nitrogen and oxygen atoms in total. The average molecular weight is 182 g/mol. The molecule has 0 aliphatic rings. The molecule has 0 radical (unpaired) electrons. The Morgan fingerprint density at radius 2 is 1.92 bits per heavy atom. The number of hydrogen-bond donors (Lipinski definition) is 0. The van der Waals surface area contributed by atoms with Crippen molar-refractivity contribution in [2.75, 3.05) is 14.2 Å². The largest absolute Gasteiger partial charge is 0.465 e. The highest BCUT2D eigenvalue weighted by Crippen LogP contribution is 2.18. The molecule has 70 valence electrons. The van der Waals surface area contributed by atoms with Gasteiger partial charge in [0.1, 0.15) is 5.56 Å². The number of carbonyl (C=O) groups is 1. The van der Waals surface area contributed by atoms with E-state index >= 15 is 0 Å². The molecular formula is C9H10O4. The minimum Gasteiger partial charge on any atom is -0.465 e. The van der Waals surface area contributed by atoms with E-state index in [1.807, 2.05) is 0 Å². The molecule has 0 aromatic heterocycles. The van der Waals surface area contributed by atoms with Crippen LogP contribution in [0.3, 0.4) is 0 Å². The highest BCUT2D eigenvalue weighted by molar-refractivity contribution is 5.92. The minimum absolute atomic E-state index is 0.340. The van der Waals surface area contributed by atoms with Crippen molar-refractivity contribution in [3.8, 4) is 5.75 Å². The second-order valence-electron chi connectivity index (χ2n) is 2.24. The number of carbonyl (C=O) groups excluding carboxylic acids is 1. The summed E-state index contributed by atoms with van der Waals surface area (Å²) in [5.41, 5.74) is 0.340. The van der Waals surface area contributed by atoms with E-state index in [9.17, 15) is 4.79 Å². The summed E-state index contributed by atoms with van der Waals surface area (Å²) in [5, 5.41) is 0. The van der Waals surface area contributed by atoms with Gasteiger partial charge in [0.15, 0.2) is 5.75 Å². The van der Waals surface area contributed by atoms with E-state index in [0.717, 1.165) is 0 Å². The fraction of sp³-hybridized carbons (Fsp3) is 0.222. The third kappa shape index (κ3) is 2.19. The zero-order chi connectivity index (χ0) is 9.68. The summed E-state index contributed by atoms with van der Waals surface area (Å²) < 4.78 is 4.55. The molecule has 4 heteroatoms. The molecule has 1 aromatic carbocycles. The zero-order valence-electron chi connectivity index (χ0n) is 7.44. The Morgan fingerprint density at radius 3 is 2.54 bits per heavy atom. The van der Waals surface area contributed by atoms with Crippen molar-refractivity contribution in [2.24, 2.45) is 0 Å². The van der Waals surface area contributed by atoms with Gasteiger partial charge in [-0.25, -0.2) is 4.79 Å². The molecule has 0 atom stereocenters. The fourth-order valence-electron chi connectivity index (χ4n) is 0.908. The Morgan fingerprint density at radius 1 is 1.23 bits per heavy atom. The van der Waals surface area contributed by atoms with Gasteiger partial charge in [0.05, 0.1) is 14.2 Å². The molecule has 0 bridgehead atoms. The van der Waals surface area contributed by atoms with Crippen LogP contribution >= 0.6 is 0 Å². The van der Waals surface area contributed by atoms with Crippen LogP contribution in [-0.2, 0) is 9.62 Å². The van der Waals surface area contributed by atoms with Crippen LogP contribution in [0.4, 0.5) is 0 Å². The smallest absolute Gasteiger partial charge is 0.341 e. The molecule has 1 rings (SSSR count). The van der Waals surface area contributed by atoms with Crippen molar-refractivity contribution in [1.82, 2.24) is 0 Å². The molecule has 0 N–H and O–H groups in total. The average Bonchev–Trinajstić information content (AvgIpc) is 2.18. The lowest BCUT2D eigenvalue weighted by Gasteiger charge is -2.05. The molecule has 0 spiro atoms. The summed E-state index contributed by atoms with van der Waals surface area (Å²) in [7, 11) is 2.68. The van der Waals surface area contributed by atoms with E-state index in [2.05, 4.69) is 9.62 Å². The third-order valence-corrected chi connectivity index (χ3v) is 1.47. The number of benzene rings is 1. The van der Waals surface area contributed by atoms with Gasteiger partial charge in [0.2, 0.25) is 0 Å². The number of methoxy groups -OCH3 is 1.